The van der Waals surface area contributed by atoms with Crippen LogP contribution < -0.4 is 5.73 Å². The summed E-state index contributed by atoms with van der Waals surface area (Å²) in [5.41, 5.74) is 7.61. The molecule has 0 saturated heterocycles. The molecule has 0 bridgehead atoms. The van der Waals surface area contributed by atoms with Crippen molar-refractivity contribution >= 4 is 5.69 Å². The van der Waals surface area contributed by atoms with Gasteiger partial charge in [0.25, 0.3) is 0 Å². The number of nitrogen functional groups attached to an aromatic ring is 1. The number of hydrogen-bond acceptors (Lipinski definition) is 3. The van der Waals surface area contributed by atoms with Gasteiger partial charge in [0.1, 0.15) is 0 Å². The highest BCUT2D eigenvalue weighted by Gasteiger charge is 2.20. The molecule has 0 aliphatic carbocycles. The van der Waals surface area contributed by atoms with Gasteiger partial charge < -0.3 is 15.7 Å². The van der Waals surface area contributed by atoms with Crippen molar-refractivity contribution in [3.63, 3.8) is 0 Å². The summed E-state index contributed by atoms with van der Waals surface area (Å²) in [7, 11) is 4.04. The Kier molecular flexibility index (Phi) is 4.12. The Morgan fingerprint density at radius 1 is 1.27 bits per heavy atom. The van der Waals surface area contributed by atoms with Crippen LogP contribution in [0.25, 0.3) is 0 Å². The number of nitrogens with zero attached hydrogens (tertiary/aromatic N) is 1. The third-order valence-corrected chi connectivity index (χ3v) is 2.66. The van der Waals surface area contributed by atoms with Crippen molar-refractivity contribution < 1.29 is 5.11 Å². The molecule has 3 N–H and O–H groups in total. The maximum absolute atomic E-state index is 9.22. The van der Waals surface area contributed by atoms with Crippen molar-refractivity contribution in [3.8, 4) is 0 Å². The van der Waals surface area contributed by atoms with Gasteiger partial charge in [-0.25, -0.2) is 0 Å². The molecule has 3 heteroatoms. The van der Waals surface area contributed by atoms with Crippen LogP contribution in [0.15, 0.2) is 24.3 Å². The quantitative estimate of drug-likeness (QED) is 0.737. The molecule has 0 saturated carbocycles. The van der Waals surface area contributed by atoms with Crippen molar-refractivity contribution in [2.24, 2.45) is 5.92 Å². The van der Waals surface area contributed by atoms with E-state index in [1.165, 1.54) is 5.56 Å². The van der Waals surface area contributed by atoms with Crippen LogP contribution in [0.2, 0.25) is 0 Å². The zero-order valence-electron chi connectivity index (χ0n) is 9.64. The number of aliphatic hydroxyl groups is 1. The predicted octanol–water partition coefficient (Wildman–Crippen LogP) is 1.50. The minimum atomic E-state index is 0.188. The number of rotatable bonds is 4. The average molecular weight is 208 g/mol. The molecule has 0 radical (unpaired) electrons. The summed E-state index contributed by atoms with van der Waals surface area (Å²) in [4.78, 5) is 2.12. The third-order valence-electron chi connectivity index (χ3n) is 2.66. The topological polar surface area (TPSA) is 49.5 Å². The van der Waals surface area contributed by atoms with Crippen LogP contribution in [-0.2, 0) is 0 Å². The third kappa shape index (κ3) is 2.94. The van der Waals surface area contributed by atoms with Crippen molar-refractivity contribution in [1.82, 2.24) is 4.90 Å². The zero-order valence-corrected chi connectivity index (χ0v) is 9.64. The van der Waals surface area contributed by atoms with E-state index in [-0.39, 0.29) is 18.6 Å². The van der Waals surface area contributed by atoms with Gasteiger partial charge in [-0.15, -0.1) is 0 Å². The van der Waals surface area contributed by atoms with Crippen LogP contribution in [-0.4, -0.2) is 30.7 Å². The highest BCUT2D eigenvalue weighted by molar-refractivity contribution is 5.40. The van der Waals surface area contributed by atoms with Crippen molar-refractivity contribution in [2.45, 2.75) is 13.0 Å². The Morgan fingerprint density at radius 2 is 1.80 bits per heavy atom. The van der Waals surface area contributed by atoms with E-state index in [4.69, 9.17) is 5.73 Å². The maximum atomic E-state index is 9.22. The largest absolute Gasteiger partial charge is 0.399 e. The van der Waals surface area contributed by atoms with E-state index in [0.29, 0.717) is 0 Å². The normalized spacial score (nSPS) is 15.3. The molecule has 1 aromatic carbocycles. The predicted molar refractivity (Wildman–Crippen MR) is 63.5 cm³/mol. The lowest BCUT2D eigenvalue weighted by atomic mass is 9.94. The second-order valence-electron chi connectivity index (χ2n) is 4.23. The van der Waals surface area contributed by atoms with Crippen LogP contribution in [0.1, 0.15) is 18.5 Å². The number of hydrogen-bond donors (Lipinski definition) is 2. The van der Waals surface area contributed by atoms with E-state index in [9.17, 15) is 5.11 Å². The van der Waals surface area contributed by atoms with Gasteiger partial charge in [0.2, 0.25) is 0 Å². The van der Waals surface area contributed by atoms with Crippen molar-refractivity contribution in [1.29, 1.82) is 0 Å². The fraction of sp³-hybridized carbons (Fsp3) is 0.500. The lowest BCUT2D eigenvalue weighted by Crippen LogP contribution is -2.27. The van der Waals surface area contributed by atoms with Gasteiger partial charge in [0.15, 0.2) is 0 Å². The molecule has 2 unspecified atom stereocenters. The molecule has 0 aliphatic heterocycles. The number of nitrogens with two attached hydrogens (primary N) is 1. The zero-order chi connectivity index (χ0) is 11.4. The molecule has 84 valence electrons. The van der Waals surface area contributed by atoms with Crippen molar-refractivity contribution in [2.75, 3.05) is 26.4 Å². The number of benzene rings is 1. The average Bonchev–Trinajstić information content (AvgIpc) is 2.20. The minimum absolute atomic E-state index is 0.188. The first-order valence-electron chi connectivity index (χ1n) is 5.19. The minimum Gasteiger partial charge on any atom is -0.399 e. The van der Waals surface area contributed by atoms with Gasteiger partial charge >= 0.3 is 0 Å². The SMILES string of the molecule is CC(CO)C(c1ccc(N)cc1)N(C)C. The Labute approximate surface area is 91.5 Å². The molecule has 0 heterocycles. The maximum Gasteiger partial charge on any atom is 0.0474 e. The van der Waals surface area contributed by atoms with E-state index >= 15 is 0 Å². The monoisotopic (exact) mass is 208 g/mol. The fourth-order valence-corrected chi connectivity index (χ4v) is 1.93. The number of aliphatic hydroxyl groups excluding tert-OH is 1. The Morgan fingerprint density at radius 3 is 2.20 bits per heavy atom. The molecule has 0 aromatic heterocycles. The van der Waals surface area contributed by atoms with Gasteiger partial charge in [-0.05, 0) is 37.7 Å². The van der Waals surface area contributed by atoms with E-state index in [2.05, 4.69) is 4.90 Å². The van der Waals surface area contributed by atoms with Crippen molar-refractivity contribution in [3.05, 3.63) is 29.8 Å². The second-order valence-corrected chi connectivity index (χ2v) is 4.23. The van der Waals surface area contributed by atoms with Crippen LogP contribution in [0, 0.1) is 5.92 Å². The molecule has 15 heavy (non-hydrogen) atoms. The molecule has 2 atom stereocenters. The molecular weight excluding hydrogens is 188 g/mol. The summed E-state index contributed by atoms with van der Waals surface area (Å²) in [5, 5.41) is 9.22. The summed E-state index contributed by atoms with van der Waals surface area (Å²) in [5.74, 6) is 0.212. The molecule has 0 spiro atoms. The summed E-state index contributed by atoms with van der Waals surface area (Å²) in [6.45, 7) is 2.23. The molecule has 3 nitrogen and oxygen atoms in total. The lowest BCUT2D eigenvalue weighted by Gasteiger charge is -2.29. The first kappa shape index (κ1) is 12.0. The van der Waals surface area contributed by atoms with E-state index in [1.807, 2.05) is 45.3 Å². The second kappa shape index (κ2) is 5.14. The van der Waals surface area contributed by atoms with Crippen LogP contribution in [0.4, 0.5) is 5.69 Å². The summed E-state index contributed by atoms with van der Waals surface area (Å²) in [6, 6.07) is 8.07. The first-order valence-corrected chi connectivity index (χ1v) is 5.19. The Bertz CT molecular complexity index is 295. The Hall–Kier alpha value is -1.06. The van der Waals surface area contributed by atoms with E-state index in [0.717, 1.165) is 5.69 Å². The highest BCUT2D eigenvalue weighted by Crippen LogP contribution is 2.26. The summed E-state index contributed by atoms with van der Waals surface area (Å²) < 4.78 is 0. The molecule has 0 aliphatic rings. The van der Waals surface area contributed by atoms with Gasteiger partial charge in [-0.3, -0.25) is 0 Å². The van der Waals surface area contributed by atoms with Gasteiger partial charge in [0, 0.05) is 18.3 Å². The van der Waals surface area contributed by atoms with Gasteiger partial charge in [-0.2, -0.15) is 0 Å². The summed E-state index contributed by atoms with van der Waals surface area (Å²) >= 11 is 0. The fourth-order valence-electron chi connectivity index (χ4n) is 1.93. The van der Waals surface area contributed by atoms with E-state index in [1.54, 1.807) is 0 Å². The molecule has 0 fully saturated rings. The molecular formula is C12H20N2O. The van der Waals surface area contributed by atoms with Crippen LogP contribution >= 0.6 is 0 Å². The highest BCUT2D eigenvalue weighted by atomic mass is 16.3. The molecule has 1 aromatic rings. The molecule has 0 amide bonds. The number of anilines is 1. The standard InChI is InChI=1S/C12H20N2O/c1-9(8-15)12(14(2)3)10-4-6-11(13)7-5-10/h4-7,9,12,15H,8,13H2,1-3H3. The van der Waals surface area contributed by atoms with E-state index < -0.39 is 0 Å². The van der Waals surface area contributed by atoms with Crippen LogP contribution in [0.3, 0.4) is 0 Å². The summed E-state index contributed by atoms with van der Waals surface area (Å²) in [6.07, 6.45) is 0. The first-order chi connectivity index (χ1) is 7.06. The lowest BCUT2D eigenvalue weighted by molar-refractivity contribution is 0.146. The molecule has 1 rings (SSSR count). The van der Waals surface area contributed by atoms with Gasteiger partial charge in [-0.1, -0.05) is 19.1 Å². The van der Waals surface area contributed by atoms with Crippen LogP contribution in [0.5, 0.6) is 0 Å². The smallest absolute Gasteiger partial charge is 0.0474 e. The Balaban J connectivity index is 2.94. The van der Waals surface area contributed by atoms with Gasteiger partial charge in [0.05, 0.1) is 0 Å².